The van der Waals surface area contributed by atoms with E-state index >= 15 is 4.39 Å². The van der Waals surface area contributed by atoms with Gasteiger partial charge in [-0.2, -0.15) is 0 Å². The fraction of sp³-hybridized carbons (Fsp3) is 0.281. The molecule has 1 aliphatic carbocycles. The number of nitrogens with one attached hydrogen (secondary N) is 1. The number of phenolic OH excluding ortho intramolecular Hbond substituents is 1. The van der Waals surface area contributed by atoms with Gasteiger partial charge in [0.25, 0.3) is 0 Å². The molecule has 0 heterocycles. The summed E-state index contributed by atoms with van der Waals surface area (Å²) in [6, 6.07) is 15.0. The zero-order valence-electron chi connectivity index (χ0n) is 22.6. The summed E-state index contributed by atoms with van der Waals surface area (Å²) in [6.07, 6.45) is 5.58. The van der Waals surface area contributed by atoms with E-state index in [-0.39, 0.29) is 29.8 Å². The van der Waals surface area contributed by atoms with Crippen molar-refractivity contribution < 1.29 is 23.4 Å². The number of hydrogen-bond acceptors (Lipinski definition) is 4. The number of aryl methyl sites for hydroxylation is 2. The number of aromatic hydroxyl groups is 1. The zero-order valence-corrected chi connectivity index (χ0v) is 22.6. The Bertz CT molecular complexity index is 1410. The molecule has 1 aliphatic rings. The first-order chi connectivity index (χ1) is 18.7. The minimum atomic E-state index is -0.476. The third-order valence-corrected chi connectivity index (χ3v) is 6.77. The lowest BCUT2D eigenvalue weighted by molar-refractivity contribution is -0.123. The maximum Gasteiger partial charge on any atom is 0.245 e. The average molecular weight is 533 g/mol. The SMILES string of the molecule is Cc1cc(F)ccc1C1=C(c2ccc(OCCNC/C=C/C(=O)N(C)C)c(F)c2)c2ccc(O)cc2CCC1. The van der Waals surface area contributed by atoms with Crippen LogP contribution in [-0.4, -0.2) is 49.7 Å². The van der Waals surface area contributed by atoms with Gasteiger partial charge >= 0.3 is 0 Å². The van der Waals surface area contributed by atoms with Crippen LogP contribution in [0.3, 0.4) is 0 Å². The summed E-state index contributed by atoms with van der Waals surface area (Å²) < 4.78 is 34.9. The van der Waals surface area contributed by atoms with E-state index in [4.69, 9.17) is 4.74 Å². The second-order valence-corrected chi connectivity index (χ2v) is 9.84. The van der Waals surface area contributed by atoms with Gasteiger partial charge in [-0.1, -0.05) is 24.3 Å². The molecule has 0 bridgehead atoms. The highest BCUT2D eigenvalue weighted by Gasteiger charge is 2.22. The van der Waals surface area contributed by atoms with Crippen LogP contribution in [0, 0.1) is 18.6 Å². The quantitative estimate of drug-likeness (QED) is 0.267. The number of fused-ring (bicyclic) bond motifs is 1. The van der Waals surface area contributed by atoms with Crippen LogP contribution in [0.15, 0.2) is 66.7 Å². The van der Waals surface area contributed by atoms with Crippen LogP contribution in [0.4, 0.5) is 8.78 Å². The van der Waals surface area contributed by atoms with Gasteiger partial charge in [0.15, 0.2) is 11.6 Å². The number of carbonyl (C=O) groups excluding carboxylic acids is 1. The Balaban J connectivity index is 1.58. The van der Waals surface area contributed by atoms with Crippen molar-refractivity contribution in [3.05, 3.63) is 106 Å². The third-order valence-electron chi connectivity index (χ3n) is 6.77. The number of carbonyl (C=O) groups is 1. The molecule has 204 valence electrons. The van der Waals surface area contributed by atoms with Crippen molar-refractivity contribution in [3.63, 3.8) is 0 Å². The lowest BCUT2D eigenvalue weighted by Crippen LogP contribution is -2.22. The molecule has 0 fully saturated rings. The molecule has 2 N–H and O–H groups in total. The normalized spacial score (nSPS) is 13.4. The summed E-state index contributed by atoms with van der Waals surface area (Å²) in [6.45, 7) is 3.13. The third kappa shape index (κ3) is 6.92. The van der Waals surface area contributed by atoms with Gasteiger partial charge in [0.1, 0.15) is 18.2 Å². The van der Waals surface area contributed by atoms with Crippen LogP contribution < -0.4 is 10.1 Å². The Labute approximate surface area is 228 Å². The van der Waals surface area contributed by atoms with E-state index in [1.54, 1.807) is 44.4 Å². The van der Waals surface area contributed by atoms with Gasteiger partial charge in [-0.3, -0.25) is 4.79 Å². The molecular formula is C32H34F2N2O3. The summed E-state index contributed by atoms with van der Waals surface area (Å²) in [7, 11) is 3.38. The van der Waals surface area contributed by atoms with Crippen molar-refractivity contribution >= 4 is 17.1 Å². The topological polar surface area (TPSA) is 61.8 Å². The summed E-state index contributed by atoms with van der Waals surface area (Å²) in [5.74, 6) is -0.513. The van der Waals surface area contributed by atoms with E-state index in [1.807, 2.05) is 19.1 Å². The molecule has 0 radical (unpaired) electrons. The monoisotopic (exact) mass is 532 g/mol. The molecule has 39 heavy (non-hydrogen) atoms. The molecule has 5 nitrogen and oxygen atoms in total. The summed E-state index contributed by atoms with van der Waals surface area (Å²) >= 11 is 0. The first-order valence-corrected chi connectivity index (χ1v) is 13.1. The molecule has 0 aliphatic heterocycles. The Hall–Kier alpha value is -3.97. The Morgan fingerprint density at radius 3 is 2.59 bits per heavy atom. The molecule has 1 amide bonds. The zero-order chi connectivity index (χ0) is 27.9. The van der Waals surface area contributed by atoms with Gasteiger partial charge in [-0.05, 0) is 102 Å². The number of phenols is 1. The molecule has 0 spiro atoms. The second-order valence-electron chi connectivity index (χ2n) is 9.84. The molecule has 0 atom stereocenters. The number of likely N-dealkylation sites (N-methyl/N-ethyl adjacent to an activating group) is 1. The molecular weight excluding hydrogens is 498 g/mol. The fourth-order valence-electron chi connectivity index (χ4n) is 4.84. The highest BCUT2D eigenvalue weighted by atomic mass is 19.1. The van der Waals surface area contributed by atoms with Gasteiger partial charge in [0.05, 0.1) is 0 Å². The number of rotatable bonds is 9. The number of ether oxygens (including phenoxy) is 1. The lowest BCUT2D eigenvalue weighted by Gasteiger charge is -2.19. The predicted octanol–water partition coefficient (Wildman–Crippen LogP) is 5.89. The van der Waals surface area contributed by atoms with E-state index < -0.39 is 5.82 Å². The average Bonchev–Trinajstić information content (AvgIpc) is 3.07. The minimum absolute atomic E-state index is 0.0869. The molecule has 4 rings (SSSR count). The molecule has 0 aromatic heterocycles. The van der Waals surface area contributed by atoms with Crippen LogP contribution in [0.2, 0.25) is 0 Å². The van der Waals surface area contributed by atoms with E-state index in [1.165, 1.54) is 29.2 Å². The van der Waals surface area contributed by atoms with Crippen molar-refractivity contribution in [3.8, 4) is 11.5 Å². The standard InChI is InChI=1S/C32H34F2N2O3/c1-21-18-24(33)10-12-26(21)28-7-4-6-22-19-25(37)11-13-27(22)32(28)23-9-14-30(29(34)20-23)39-17-16-35-15-5-8-31(38)36(2)3/h5,8-14,18-20,35,37H,4,6-7,15-17H2,1-3H3/b8-5+. The van der Waals surface area contributed by atoms with Gasteiger partial charge in [-0.25, -0.2) is 8.78 Å². The van der Waals surface area contributed by atoms with Crippen molar-refractivity contribution in [1.82, 2.24) is 10.2 Å². The first kappa shape index (κ1) is 28.0. The summed E-state index contributed by atoms with van der Waals surface area (Å²) in [4.78, 5) is 13.0. The number of benzene rings is 3. The molecule has 0 saturated carbocycles. The van der Waals surface area contributed by atoms with E-state index in [2.05, 4.69) is 5.32 Å². The number of amides is 1. The van der Waals surface area contributed by atoms with Gasteiger partial charge < -0.3 is 20.1 Å². The van der Waals surface area contributed by atoms with E-state index in [9.17, 15) is 14.3 Å². The summed E-state index contributed by atoms with van der Waals surface area (Å²) in [5.41, 5.74) is 6.27. The van der Waals surface area contributed by atoms with Crippen LogP contribution in [0.25, 0.3) is 11.1 Å². The fourth-order valence-corrected chi connectivity index (χ4v) is 4.84. The van der Waals surface area contributed by atoms with E-state index in [0.29, 0.717) is 18.7 Å². The van der Waals surface area contributed by atoms with Crippen molar-refractivity contribution in [2.24, 2.45) is 0 Å². The number of allylic oxidation sites excluding steroid dienone is 1. The second kappa shape index (κ2) is 12.7. The molecule has 0 unspecified atom stereocenters. The van der Waals surface area contributed by atoms with Gasteiger partial charge in [0.2, 0.25) is 5.91 Å². The maximum atomic E-state index is 15.3. The lowest BCUT2D eigenvalue weighted by atomic mass is 9.86. The molecule has 3 aromatic carbocycles. The van der Waals surface area contributed by atoms with Crippen molar-refractivity contribution in [1.29, 1.82) is 0 Å². The summed E-state index contributed by atoms with van der Waals surface area (Å²) in [5, 5.41) is 13.2. The van der Waals surface area contributed by atoms with E-state index in [0.717, 1.165) is 52.7 Å². The van der Waals surface area contributed by atoms with Crippen molar-refractivity contribution in [2.75, 3.05) is 33.8 Å². The van der Waals surface area contributed by atoms with Crippen LogP contribution >= 0.6 is 0 Å². The largest absolute Gasteiger partial charge is 0.508 e. The highest BCUT2D eigenvalue weighted by Crippen LogP contribution is 2.42. The first-order valence-electron chi connectivity index (χ1n) is 13.1. The Morgan fingerprint density at radius 1 is 1.05 bits per heavy atom. The molecule has 0 saturated heterocycles. The number of halogens is 2. The van der Waals surface area contributed by atoms with Gasteiger partial charge in [0, 0.05) is 33.3 Å². The van der Waals surface area contributed by atoms with Crippen LogP contribution in [0.5, 0.6) is 11.5 Å². The maximum absolute atomic E-state index is 15.3. The predicted molar refractivity (Wildman–Crippen MR) is 151 cm³/mol. The Morgan fingerprint density at radius 2 is 1.85 bits per heavy atom. The van der Waals surface area contributed by atoms with Crippen LogP contribution in [0.1, 0.15) is 40.7 Å². The van der Waals surface area contributed by atoms with Gasteiger partial charge in [-0.15, -0.1) is 0 Å². The van der Waals surface area contributed by atoms with Crippen molar-refractivity contribution in [2.45, 2.75) is 26.2 Å². The molecule has 3 aromatic rings. The number of nitrogens with zero attached hydrogens (tertiary/aromatic N) is 1. The molecule has 7 heteroatoms. The number of hydrogen-bond donors (Lipinski definition) is 2. The smallest absolute Gasteiger partial charge is 0.245 e. The van der Waals surface area contributed by atoms with Crippen LogP contribution in [-0.2, 0) is 11.2 Å². The Kier molecular flexibility index (Phi) is 9.15. The minimum Gasteiger partial charge on any atom is -0.508 e. The highest BCUT2D eigenvalue weighted by molar-refractivity contribution is 6.00.